The standard InChI is InChI=1S/C30H31F3N8O3/c1-19(42)18-36-29-35-8-7-25(38-29)41-10-9-34-27(41)26(43)20-3-5-23(6-4-20)37-28(44)21-15-22(30(31,32)33)17-24(16-21)40-13-11-39(2)12-14-40/h3-10,15-17,19,42H,11-14,18H2,1-2H3,(H,37,44)(H,35,36,38). The number of rotatable bonds is 9. The summed E-state index contributed by atoms with van der Waals surface area (Å²) in [5, 5.41) is 15.0. The first kappa shape index (κ1) is 30.6. The van der Waals surface area contributed by atoms with E-state index in [-0.39, 0.29) is 29.4 Å². The predicted octanol–water partition coefficient (Wildman–Crippen LogP) is 3.71. The van der Waals surface area contributed by atoms with Crippen LogP contribution in [0.1, 0.15) is 39.0 Å². The maximum Gasteiger partial charge on any atom is 0.416 e. The maximum absolute atomic E-state index is 13.7. The Kier molecular flexibility index (Phi) is 8.92. The molecule has 0 bridgehead atoms. The number of likely N-dealkylation sites (N-methyl/N-ethyl adjacent to an activating group) is 1. The number of amides is 1. The summed E-state index contributed by atoms with van der Waals surface area (Å²) in [4.78, 5) is 43.0. The Morgan fingerprint density at radius 1 is 0.977 bits per heavy atom. The number of carbonyl (C=O) groups excluding carboxylic acids is 2. The average Bonchev–Trinajstić information content (AvgIpc) is 3.50. The van der Waals surface area contributed by atoms with Crippen molar-refractivity contribution in [1.29, 1.82) is 0 Å². The molecule has 1 saturated heterocycles. The SMILES string of the molecule is CC(O)CNc1nccc(-n2ccnc2C(=O)c2ccc(NC(=O)c3cc(N4CCN(C)CC4)cc(C(F)(F)F)c3)cc2)n1. The molecule has 2 aromatic carbocycles. The van der Waals surface area contributed by atoms with Gasteiger partial charge < -0.3 is 25.5 Å². The van der Waals surface area contributed by atoms with Crippen molar-refractivity contribution in [2.75, 3.05) is 55.3 Å². The van der Waals surface area contributed by atoms with E-state index in [1.54, 1.807) is 19.2 Å². The number of imidazole rings is 1. The van der Waals surface area contributed by atoms with Gasteiger partial charge in [-0.1, -0.05) is 0 Å². The van der Waals surface area contributed by atoms with Crippen molar-refractivity contribution < 1.29 is 27.9 Å². The number of aromatic nitrogens is 4. The molecule has 1 unspecified atom stereocenters. The van der Waals surface area contributed by atoms with Crippen LogP contribution in [0.5, 0.6) is 0 Å². The van der Waals surface area contributed by atoms with E-state index in [0.717, 1.165) is 12.1 Å². The molecule has 14 heteroatoms. The minimum atomic E-state index is -4.62. The number of piperazine rings is 1. The van der Waals surface area contributed by atoms with Gasteiger partial charge >= 0.3 is 6.18 Å². The Morgan fingerprint density at radius 3 is 2.39 bits per heavy atom. The van der Waals surface area contributed by atoms with Gasteiger partial charge in [0.25, 0.3) is 5.91 Å². The van der Waals surface area contributed by atoms with Crippen molar-refractivity contribution in [1.82, 2.24) is 24.4 Å². The van der Waals surface area contributed by atoms with Gasteiger partial charge in [-0.3, -0.25) is 14.2 Å². The Bertz CT molecular complexity index is 1630. The molecule has 3 heterocycles. The summed E-state index contributed by atoms with van der Waals surface area (Å²) in [6.07, 6.45) is -0.679. The summed E-state index contributed by atoms with van der Waals surface area (Å²) < 4.78 is 42.6. The first-order chi connectivity index (χ1) is 21.0. The molecule has 1 aliphatic rings. The number of hydrogen-bond donors (Lipinski definition) is 3. The first-order valence-electron chi connectivity index (χ1n) is 13.9. The summed E-state index contributed by atoms with van der Waals surface area (Å²) in [7, 11) is 1.95. The van der Waals surface area contributed by atoms with Crippen molar-refractivity contribution >= 4 is 29.0 Å². The number of hydrogen-bond acceptors (Lipinski definition) is 9. The zero-order valence-corrected chi connectivity index (χ0v) is 24.0. The van der Waals surface area contributed by atoms with Crippen molar-refractivity contribution in [3.8, 4) is 5.82 Å². The van der Waals surface area contributed by atoms with Gasteiger partial charge in [-0.05, 0) is 62.5 Å². The third kappa shape index (κ3) is 7.21. The van der Waals surface area contributed by atoms with Gasteiger partial charge in [0, 0.05) is 73.8 Å². The highest BCUT2D eigenvalue weighted by Crippen LogP contribution is 2.33. The molecule has 11 nitrogen and oxygen atoms in total. The predicted molar refractivity (Wildman–Crippen MR) is 158 cm³/mol. The fourth-order valence-electron chi connectivity index (χ4n) is 4.65. The molecule has 5 rings (SSSR count). The molecule has 1 amide bonds. The lowest BCUT2D eigenvalue weighted by atomic mass is 10.1. The topological polar surface area (TPSA) is 129 Å². The summed E-state index contributed by atoms with van der Waals surface area (Å²) in [5.41, 5.74) is -0.108. The Balaban J connectivity index is 1.32. The normalized spacial score (nSPS) is 14.7. The van der Waals surface area contributed by atoms with E-state index >= 15 is 0 Å². The lowest BCUT2D eigenvalue weighted by Crippen LogP contribution is -2.44. The van der Waals surface area contributed by atoms with Crippen LogP contribution < -0.4 is 15.5 Å². The summed E-state index contributed by atoms with van der Waals surface area (Å²) in [6, 6.07) is 11.0. The molecule has 1 atom stereocenters. The van der Waals surface area contributed by atoms with E-state index in [4.69, 9.17) is 0 Å². The Labute approximate surface area is 251 Å². The number of carbonyl (C=O) groups is 2. The third-order valence-electron chi connectivity index (χ3n) is 7.07. The third-order valence-corrected chi connectivity index (χ3v) is 7.07. The smallest absolute Gasteiger partial charge is 0.392 e. The first-order valence-corrected chi connectivity index (χ1v) is 13.9. The van der Waals surface area contributed by atoms with Gasteiger partial charge in [0.15, 0.2) is 5.82 Å². The van der Waals surface area contributed by atoms with E-state index in [1.165, 1.54) is 47.3 Å². The molecule has 44 heavy (non-hydrogen) atoms. The lowest BCUT2D eigenvalue weighted by molar-refractivity contribution is -0.137. The molecular weight excluding hydrogens is 577 g/mol. The largest absolute Gasteiger partial charge is 0.416 e. The number of halogens is 3. The number of aliphatic hydroxyl groups excluding tert-OH is 1. The summed E-state index contributed by atoms with van der Waals surface area (Å²) >= 11 is 0. The molecule has 2 aromatic heterocycles. The van der Waals surface area contributed by atoms with Crippen LogP contribution in [0.4, 0.5) is 30.5 Å². The molecule has 1 fully saturated rings. The van der Waals surface area contributed by atoms with Crippen LogP contribution in [0.15, 0.2) is 67.1 Å². The van der Waals surface area contributed by atoms with E-state index in [1.807, 2.05) is 11.9 Å². The van der Waals surface area contributed by atoms with E-state index in [2.05, 4.69) is 30.5 Å². The molecule has 3 N–H and O–H groups in total. The second kappa shape index (κ2) is 12.8. The zero-order chi connectivity index (χ0) is 31.4. The second-order valence-electron chi connectivity index (χ2n) is 10.5. The van der Waals surface area contributed by atoms with Gasteiger partial charge in [-0.25, -0.2) is 9.97 Å². The van der Waals surface area contributed by atoms with Crippen LogP contribution in [-0.2, 0) is 6.18 Å². The van der Waals surface area contributed by atoms with Crippen molar-refractivity contribution in [2.24, 2.45) is 0 Å². The molecule has 0 radical (unpaired) electrons. The quantitative estimate of drug-likeness (QED) is 0.244. The number of ketones is 1. The molecule has 1 aliphatic heterocycles. The molecule has 0 aliphatic carbocycles. The number of alkyl halides is 3. The van der Waals surface area contributed by atoms with Crippen LogP contribution in [0.2, 0.25) is 0 Å². The maximum atomic E-state index is 13.7. The van der Waals surface area contributed by atoms with E-state index in [9.17, 15) is 27.9 Å². The van der Waals surface area contributed by atoms with Crippen molar-refractivity contribution in [3.05, 3.63) is 89.6 Å². The highest BCUT2D eigenvalue weighted by atomic mass is 19.4. The molecule has 4 aromatic rings. The summed E-state index contributed by atoms with van der Waals surface area (Å²) in [6.45, 7) is 4.36. The van der Waals surface area contributed by atoms with Crippen molar-refractivity contribution in [2.45, 2.75) is 19.2 Å². The highest BCUT2D eigenvalue weighted by molar-refractivity contribution is 6.08. The van der Waals surface area contributed by atoms with Crippen LogP contribution in [-0.4, -0.2) is 87.1 Å². The minimum absolute atomic E-state index is 0.0855. The van der Waals surface area contributed by atoms with Crippen LogP contribution in [0, 0.1) is 0 Å². The fraction of sp³-hybridized carbons (Fsp3) is 0.300. The molecule has 230 valence electrons. The fourth-order valence-corrected chi connectivity index (χ4v) is 4.65. The highest BCUT2D eigenvalue weighted by Gasteiger charge is 2.32. The van der Waals surface area contributed by atoms with Gasteiger partial charge in [0.2, 0.25) is 11.7 Å². The van der Waals surface area contributed by atoms with Gasteiger partial charge in [-0.15, -0.1) is 0 Å². The molecular formula is C30H31F3N8O3. The van der Waals surface area contributed by atoms with Crippen molar-refractivity contribution in [3.63, 3.8) is 0 Å². The van der Waals surface area contributed by atoms with Crippen LogP contribution in [0.25, 0.3) is 5.82 Å². The molecule has 0 saturated carbocycles. The number of nitrogens with zero attached hydrogens (tertiary/aromatic N) is 6. The number of benzene rings is 2. The lowest BCUT2D eigenvalue weighted by Gasteiger charge is -2.34. The van der Waals surface area contributed by atoms with E-state index < -0.39 is 29.5 Å². The van der Waals surface area contributed by atoms with Crippen LogP contribution >= 0.6 is 0 Å². The van der Waals surface area contributed by atoms with Gasteiger partial charge in [0.05, 0.1) is 11.7 Å². The number of nitrogens with one attached hydrogen (secondary N) is 2. The van der Waals surface area contributed by atoms with Gasteiger partial charge in [0.1, 0.15) is 5.82 Å². The van der Waals surface area contributed by atoms with E-state index in [0.29, 0.717) is 43.4 Å². The Hall–Kier alpha value is -4.82. The Morgan fingerprint density at radius 2 is 1.70 bits per heavy atom. The molecule has 0 spiro atoms. The number of aliphatic hydroxyl groups is 1. The van der Waals surface area contributed by atoms with Crippen LogP contribution in [0.3, 0.4) is 0 Å². The summed E-state index contributed by atoms with van der Waals surface area (Å²) in [5.74, 6) is -0.381. The monoisotopic (exact) mass is 608 g/mol. The number of anilines is 3. The average molecular weight is 609 g/mol. The zero-order valence-electron chi connectivity index (χ0n) is 24.0. The second-order valence-corrected chi connectivity index (χ2v) is 10.5. The van der Waals surface area contributed by atoms with Gasteiger partial charge in [-0.2, -0.15) is 18.2 Å². The minimum Gasteiger partial charge on any atom is -0.392 e.